The summed E-state index contributed by atoms with van der Waals surface area (Å²) >= 11 is 11.7. The second-order valence-electron chi connectivity index (χ2n) is 4.74. The minimum Gasteiger partial charge on any atom is -0.352 e. The summed E-state index contributed by atoms with van der Waals surface area (Å²) in [6.45, 7) is 3.60. The van der Waals surface area contributed by atoms with Crippen molar-refractivity contribution in [1.82, 2.24) is 0 Å². The summed E-state index contributed by atoms with van der Waals surface area (Å²) in [5, 5.41) is 9.29. The average molecular weight is 351 g/mol. The molecule has 0 N–H and O–H groups in total. The number of halogens is 2. The smallest absolute Gasteiger partial charge is 0.280 e. The number of oxime groups is 2. The summed E-state index contributed by atoms with van der Waals surface area (Å²) in [5.41, 5.74) is 3.30. The molecule has 0 amide bonds. The number of nitrogens with zero attached hydrogens (tertiary/aromatic N) is 2. The van der Waals surface area contributed by atoms with Crippen molar-refractivity contribution < 1.29 is 9.68 Å². The molecule has 0 fully saturated rings. The number of benzene rings is 2. The lowest BCUT2D eigenvalue weighted by atomic mass is 10.1. The normalized spacial score (nSPS) is 12.2. The van der Waals surface area contributed by atoms with Gasteiger partial charge in [0.2, 0.25) is 0 Å². The maximum atomic E-state index is 5.84. The highest BCUT2D eigenvalue weighted by atomic mass is 35.5. The van der Waals surface area contributed by atoms with Gasteiger partial charge in [-0.2, -0.15) is 0 Å². The van der Waals surface area contributed by atoms with E-state index in [0.717, 1.165) is 22.6 Å². The summed E-state index contributed by atoms with van der Waals surface area (Å²) in [4.78, 5) is 10.2. The van der Waals surface area contributed by atoms with E-state index in [0.29, 0.717) is 10.0 Å². The van der Waals surface area contributed by atoms with E-state index in [1.807, 2.05) is 38.1 Å². The van der Waals surface area contributed by atoms with Gasteiger partial charge in [-0.3, -0.25) is 0 Å². The molecule has 0 saturated carbocycles. The molecule has 0 aliphatic heterocycles. The van der Waals surface area contributed by atoms with Crippen molar-refractivity contribution in [3.05, 3.63) is 69.7 Å². The molecular formula is C17H16Cl2N2O2. The van der Waals surface area contributed by atoms with E-state index in [-0.39, 0.29) is 6.79 Å². The average Bonchev–Trinajstić information content (AvgIpc) is 2.55. The first-order chi connectivity index (χ1) is 11.1. The van der Waals surface area contributed by atoms with E-state index < -0.39 is 0 Å². The number of hydrogen-bond donors (Lipinski definition) is 0. The number of rotatable bonds is 6. The molecule has 0 radical (unpaired) electrons. The Bertz CT molecular complexity index is 634. The Hall–Kier alpha value is -2.04. The minimum atomic E-state index is -0.0736. The third-order valence-electron chi connectivity index (χ3n) is 3.03. The Labute approximate surface area is 145 Å². The van der Waals surface area contributed by atoms with Gasteiger partial charge in [0.25, 0.3) is 6.79 Å². The lowest BCUT2D eigenvalue weighted by molar-refractivity contribution is -0.0505. The number of hydrogen-bond acceptors (Lipinski definition) is 4. The van der Waals surface area contributed by atoms with E-state index >= 15 is 0 Å². The fourth-order valence-electron chi connectivity index (χ4n) is 1.76. The fraction of sp³-hybridized carbons (Fsp3) is 0.176. The molecule has 0 aliphatic carbocycles. The molecule has 0 aliphatic rings. The van der Waals surface area contributed by atoms with Crippen LogP contribution in [0.4, 0.5) is 0 Å². The fourth-order valence-corrected chi connectivity index (χ4v) is 2.01. The standard InChI is InChI=1S/C17H16Cl2N2O2/c1-12(14-3-7-16(18)8-4-14)20-22-11-23-21-13(2)15-5-9-17(19)10-6-15/h3-10H,11H2,1-2H3/b20-12-,21-13+. The topological polar surface area (TPSA) is 43.2 Å². The van der Waals surface area contributed by atoms with Crippen LogP contribution in [0.1, 0.15) is 25.0 Å². The molecule has 0 bridgehead atoms. The Morgan fingerprint density at radius 1 is 0.739 bits per heavy atom. The monoisotopic (exact) mass is 350 g/mol. The second kappa shape index (κ2) is 8.56. The maximum Gasteiger partial charge on any atom is 0.280 e. The van der Waals surface area contributed by atoms with Crippen LogP contribution in [0.3, 0.4) is 0 Å². The van der Waals surface area contributed by atoms with Gasteiger partial charge in [0.05, 0.1) is 11.4 Å². The molecule has 0 spiro atoms. The molecule has 2 aromatic rings. The lowest BCUT2D eigenvalue weighted by Gasteiger charge is -2.03. The molecule has 0 saturated heterocycles. The van der Waals surface area contributed by atoms with Crippen molar-refractivity contribution in [2.75, 3.05) is 6.79 Å². The first kappa shape index (κ1) is 17.3. The van der Waals surface area contributed by atoms with Crippen LogP contribution < -0.4 is 0 Å². The zero-order valence-electron chi connectivity index (χ0n) is 12.8. The molecule has 2 aromatic carbocycles. The molecule has 2 rings (SSSR count). The van der Waals surface area contributed by atoms with Crippen LogP contribution in [0, 0.1) is 0 Å². The summed E-state index contributed by atoms with van der Waals surface area (Å²) < 4.78 is 0. The SMILES string of the molecule is C/C(=N/OCO/N=C(\C)c1ccc(Cl)cc1)c1ccc(Cl)cc1. The summed E-state index contributed by atoms with van der Waals surface area (Å²) in [5.74, 6) is 0. The second-order valence-corrected chi connectivity index (χ2v) is 5.62. The van der Waals surface area contributed by atoms with Gasteiger partial charge in [0, 0.05) is 10.0 Å². The van der Waals surface area contributed by atoms with Gasteiger partial charge < -0.3 is 9.68 Å². The van der Waals surface area contributed by atoms with E-state index in [9.17, 15) is 0 Å². The van der Waals surface area contributed by atoms with Crippen molar-refractivity contribution >= 4 is 34.6 Å². The highest BCUT2D eigenvalue weighted by molar-refractivity contribution is 6.31. The predicted octanol–water partition coefficient (Wildman–Crippen LogP) is 5.13. The van der Waals surface area contributed by atoms with Gasteiger partial charge >= 0.3 is 0 Å². The Morgan fingerprint density at radius 3 is 1.43 bits per heavy atom. The lowest BCUT2D eigenvalue weighted by Crippen LogP contribution is -2.00. The van der Waals surface area contributed by atoms with Crippen LogP contribution in [-0.2, 0) is 9.68 Å². The highest BCUT2D eigenvalue weighted by Crippen LogP contribution is 2.11. The van der Waals surface area contributed by atoms with Crippen LogP contribution in [0.2, 0.25) is 10.0 Å². The molecule has 0 atom stereocenters. The molecular weight excluding hydrogens is 335 g/mol. The molecule has 6 heteroatoms. The van der Waals surface area contributed by atoms with Crippen LogP contribution in [-0.4, -0.2) is 18.2 Å². The quantitative estimate of drug-likeness (QED) is 0.313. The van der Waals surface area contributed by atoms with Crippen LogP contribution in [0.15, 0.2) is 58.8 Å². The van der Waals surface area contributed by atoms with Gasteiger partial charge in [-0.15, -0.1) is 0 Å². The Kier molecular flexibility index (Phi) is 6.44. The van der Waals surface area contributed by atoms with Gasteiger partial charge in [0.1, 0.15) is 0 Å². The third kappa shape index (κ3) is 5.58. The summed E-state index contributed by atoms with van der Waals surface area (Å²) in [6.07, 6.45) is 0. The first-order valence-electron chi connectivity index (χ1n) is 6.91. The zero-order valence-corrected chi connectivity index (χ0v) is 14.3. The van der Waals surface area contributed by atoms with Crippen LogP contribution in [0.25, 0.3) is 0 Å². The minimum absolute atomic E-state index is 0.0736. The van der Waals surface area contributed by atoms with E-state index in [1.54, 1.807) is 24.3 Å². The van der Waals surface area contributed by atoms with Gasteiger partial charge in [-0.05, 0) is 49.2 Å². The molecule has 4 nitrogen and oxygen atoms in total. The van der Waals surface area contributed by atoms with Gasteiger partial charge in [-0.1, -0.05) is 57.8 Å². The van der Waals surface area contributed by atoms with E-state index in [2.05, 4.69) is 10.3 Å². The van der Waals surface area contributed by atoms with Crippen molar-refractivity contribution in [3.63, 3.8) is 0 Å². The first-order valence-corrected chi connectivity index (χ1v) is 7.67. The van der Waals surface area contributed by atoms with E-state index in [4.69, 9.17) is 32.9 Å². The highest BCUT2D eigenvalue weighted by Gasteiger charge is 1.99. The Morgan fingerprint density at radius 2 is 1.09 bits per heavy atom. The van der Waals surface area contributed by atoms with Crippen molar-refractivity contribution in [1.29, 1.82) is 0 Å². The predicted molar refractivity (Wildman–Crippen MR) is 94.4 cm³/mol. The summed E-state index contributed by atoms with van der Waals surface area (Å²) in [7, 11) is 0. The largest absolute Gasteiger partial charge is 0.352 e. The van der Waals surface area contributed by atoms with Gasteiger partial charge in [0.15, 0.2) is 0 Å². The van der Waals surface area contributed by atoms with Crippen molar-refractivity contribution in [2.45, 2.75) is 13.8 Å². The molecule has 23 heavy (non-hydrogen) atoms. The molecule has 0 aromatic heterocycles. The van der Waals surface area contributed by atoms with Crippen LogP contribution >= 0.6 is 23.2 Å². The Balaban J connectivity index is 1.82. The molecule has 120 valence electrons. The van der Waals surface area contributed by atoms with Crippen molar-refractivity contribution in [3.8, 4) is 0 Å². The zero-order chi connectivity index (χ0) is 16.7. The van der Waals surface area contributed by atoms with Gasteiger partial charge in [-0.25, -0.2) is 0 Å². The molecule has 0 unspecified atom stereocenters. The molecule has 0 heterocycles. The third-order valence-corrected chi connectivity index (χ3v) is 3.54. The van der Waals surface area contributed by atoms with Crippen molar-refractivity contribution in [2.24, 2.45) is 10.3 Å². The van der Waals surface area contributed by atoms with E-state index in [1.165, 1.54) is 0 Å². The summed E-state index contributed by atoms with van der Waals surface area (Å²) in [6, 6.07) is 14.7. The maximum absolute atomic E-state index is 5.84. The van der Waals surface area contributed by atoms with Crippen LogP contribution in [0.5, 0.6) is 0 Å².